The van der Waals surface area contributed by atoms with Crippen LogP contribution in [-0.4, -0.2) is 39.7 Å². The van der Waals surface area contributed by atoms with E-state index in [4.69, 9.17) is 11.6 Å². The molecule has 2 N–H and O–H groups in total. The fourth-order valence-electron chi connectivity index (χ4n) is 3.30. The van der Waals surface area contributed by atoms with Crippen molar-refractivity contribution in [1.29, 1.82) is 0 Å². The zero-order valence-corrected chi connectivity index (χ0v) is 14.6. The van der Waals surface area contributed by atoms with Crippen molar-refractivity contribution in [2.24, 2.45) is 0 Å². The van der Waals surface area contributed by atoms with Gasteiger partial charge < -0.3 is 5.32 Å². The number of pyridine rings is 1. The molecule has 1 aromatic carbocycles. The fourth-order valence-corrected chi connectivity index (χ4v) is 3.50. The van der Waals surface area contributed by atoms with E-state index in [1.54, 1.807) is 6.20 Å². The van der Waals surface area contributed by atoms with E-state index in [1.807, 2.05) is 30.5 Å². The first-order chi connectivity index (χ1) is 12.3. The molecule has 3 heterocycles. The lowest BCUT2D eigenvalue weighted by Crippen LogP contribution is -2.45. The highest BCUT2D eigenvalue weighted by Crippen LogP contribution is 2.26. The number of nitrogens with one attached hydrogen (secondary N) is 2. The Bertz CT molecular complexity index is 833. The number of rotatable bonds is 4. The molecule has 4 rings (SSSR count). The van der Waals surface area contributed by atoms with Gasteiger partial charge >= 0.3 is 0 Å². The average molecular weight is 354 g/mol. The van der Waals surface area contributed by atoms with Crippen LogP contribution in [0.1, 0.15) is 17.3 Å². The molecule has 0 radical (unpaired) electrons. The van der Waals surface area contributed by atoms with Crippen molar-refractivity contribution in [2.45, 2.75) is 12.6 Å². The summed E-state index contributed by atoms with van der Waals surface area (Å²) in [5, 5.41) is 11.9. The van der Waals surface area contributed by atoms with E-state index in [0.717, 1.165) is 48.2 Å². The fraction of sp³-hybridized carbons (Fsp3) is 0.263. The van der Waals surface area contributed by atoms with Gasteiger partial charge in [0.1, 0.15) is 0 Å². The molecule has 1 fully saturated rings. The molecule has 25 heavy (non-hydrogen) atoms. The molecule has 0 saturated carbocycles. The first kappa shape index (κ1) is 16.3. The SMILES string of the molecule is Clc1cccc(C2CNCCN2Cc2cc(-c3cccnc3)n[nH]2)c1. The average Bonchev–Trinajstić information content (AvgIpc) is 3.11. The number of H-pyrrole nitrogens is 1. The van der Waals surface area contributed by atoms with E-state index in [-0.39, 0.29) is 0 Å². The van der Waals surface area contributed by atoms with Crippen LogP contribution in [0.25, 0.3) is 11.3 Å². The predicted molar refractivity (Wildman–Crippen MR) is 99.3 cm³/mol. The number of nitrogens with zero attached hydrogens (tertiary/aromatic N) is 3. The molecule has 0 bridgehead atoms. The second-order valence-corrected chi connectivity index (χ2v) is 6.70. The third-order valence-electron chi connectivity index (χ3n) is 4.55. The van der Waals surface area contributed by atoms with E-state index < -0.39 is 0 Å². The highest BCUT2D eigenvalue weighted by atomic mass is 35.5. The molecule has 1 aliphatic rings. The van der Waals surface area contributed by atoms with Gasteiger partial charge in [0.05, 0.1) is 5.69 Å². The molecule has 1 aliphatic heterocycles. The Kier molecular flexibility index (Phi) is 4.78. The Morgan fingerprint density at radius 1 is 1.20 bits per heavy atom. The van der Waals surface area contributed by atoms with E-state index in [9.17, 15) is 0 Å². The van der Waals surface area contributed by atoms with Crippen LogP contribution in [0.4, 0.5) is 0 Å². The summed E-state index contributed by atoms with van der Waals surface area (Å²) in [6.07, 6.45) is 3.60. The van der Waals surface area contributed by atoms with Crippen LogP contribution in [0.15, 0.2) is 54.9 Å². The van der Waals surface area contributed by atoms with Gasteiger partial charge in [-0.05, 0) is 35.9 Å². The minimum absolute atomic E-state index is 0.303. The maximum atomic E-state index is 6.18. The van der Waals surface area contributed by atoms with Gasteiger partial charge in [-0.3, -0.25) is 15.0 Å². The first-order valence-electron chi connectivity index (χ1n) is 8.44. The van der Waals surface area contributed by atoms with Crippen molar-refractivity contribution >= 4 is 11.6 Å². The van der Waals surface area contributed by atoms with Gasteiger partial charge in [-0.2, -0.15) is 5.10 Å². The summed E-state index contributed by atoms with van der Waals surface area (Å²) >= 11 is 6.18. The molecule has 1 unspecified atom stereocenters. The molecule has 128 valence electrons. The predicted octanol–water partition coefficient (Wildman–Crippen LogP) is 3.27. The zero-order chi connectivity index (χ0) is 17.1. The van der Waals surface area contributed by atoms with E-state index in [2.05, 4.69) is 43.6 Å². The molecular formula is C19H20ClN5. The molecule has 0 amide bonds. The molecular weight excluding hydrogens is 334 g/mol. The van der Waals surface area contributed by atoms with Crippen molar-refractivity contribution in [3.05, 3.63) is 71.1 Å². The number of aromatic nitrogens is 3. The van der Waals surface area contributed by atoms with E-state index >= 15 is 0 Å². The van der Waals surface area contributed by atoms with Crippen LogP contribution in [-0.2, 0) is 6.54 Å². The van der Waals surface area contributed by atoms with Gasteiger partial charge in [0, 0.05) is 60.9 Å². The number of benzene rings is 1. The van der Waals surface area contributed by atoms with Crippen molar-refractivity contribution in [1.82, 2.24) is 25.4 Å². The lowest BCUT2D eigenvalue weighted by Gasteiger charge is -2.36. The van der Waals surface area contributed by atoms with Crippen LogP contribution >= 0.6 is 11.6 Å². The van der Waals surface area contributed by atoms with Crippen molar-refractivity contribution in [2.75, 3.05) is 19.6 Å². The van der Waals surface area contributed by atoms with Crippen LogP contribution in [0.5, 0.6) is 0 Å². The highest BCUT2D eigenvalue weighted by molar-refractivity contribution is 6.30. The standard InChI is InChI=1S/C19H20ClN5/c20-16-5-1-3-14(9-16)19-12-22-7-8-25(19)13-17-10-18(24-23-17)15-4-2-6-21-11-15/h1-6,9-11,19,22H,7-8,12-13H2,(H,23,24). The Morgan fingerprint density at radius 3 is 3.00 bits per heavy atom. The summed E-state index contributed by atoms with van der Waals surface area (Å²) in [7, 11) is 0. The molecule has 3 aromatic rings. The Balaban J connectivity index is 1.53. The van der Waals surface area contributed by atoms with E-state index in [1.165, 1.54) is 5.56 Å². The minimum atomic E-state index is 0.303. The highest BCUT2D eigenvalue weighted by Gasteiger charge is 2.24. The van der Waals surface area contributed by atoms with Gasteiger partial charge in [-0.1, -0.05) is 23.7 Å². The van der Waals surface area contributed by atoms with Gasteiger partial charge in [-0.25, -0.2) is 0 Å². The molecule has 2 aromatic heterocycles. The number of hydrogen-bond donors (Lipinski definition) is 2. The van der Waals surface area contributed by atoms with Gasteiger partial charge in [0.15, 0.2) is 0 Å². The van der Waals surface area contributed by atoms with E-state index in [0.29, 0.717) is 6.04 Å². The number of halogens is 1. The molecule has 5 nitrogen and oxygen atoms in total. The summed E-state index contributed by atoms with van der Waals surface area (Å²) in [6, 6.07) is 14.5. The largest absolute Gasteiger partial charge is 0.314 e. The van der Waals surface area contributed by atoms with Gasteiger partial charge in [0.2, 0.25) is 0 Å². The molecule has 1 saturated heterocycles. The topological polar surface area (TPSA) is 56.8 Å². The summed E-state index contributed by atoms with van der Waals surface area (Å²) < 4.78 is 0. The van der Waals surface area contributed by atoms with Crippen molar-refractivity contribution in [3.63, 3.8) is 0 Å². The second-order valence-electron chi connectivity index (χ2n) is 6.27. The monoisotopic (exact) mass is 353 g/mol. The smallest absolute Gasteiger partial charge is 0.0939 e. The minimum Gasteiger partial charge on any atom is -0.314 e. The summed E-state index contributed by atoms with van der Waals surface area (Å²) in [4.78, 5) is 6.62. The Morgan fingerprint density at radius 2 is 2.16 bits per heavy atom. The van der Waals surface area contributed by atoms with Crippen LogP contribution in [0, 0.1) is 0 Å². The van der Waals surface area contributed by atoms with Crippen LogP contribution in [0.2, 0.25) is 5.02 Å². The Hall–Kier alpha value is -2.21. The van der Waals surface area contributed by atoms with Crippen LogP contribution in [0.3, 0.4) is 0 Å². The second kappa shape index (κ2) is 7.35. The summed E-state index contributed by atoms with van der Waals surface area (Å²) in [5.41, 5.74) is 4.30. The number of hydrogen-bond acceptors (Lipinski definition) is 4. The molecule has 6 heteroatoms. The van der Waals surface area contributed by atoms with Gasteiger partial charge in [0.25, 0.3) is 0 Å². The zero-order valence-electron chi connectivity index (χ0n) is 13.8. The first-order valence-corrected chi connectivity index (χ1v) is 8.82. The lowest BCUT2D eigenvalue weighted by atomic mass is 10.0. The van der Waals surface area contributed by atoms with Crippen molar-refractivity contribution < 1.29 is 0 Å². The number of aromatic amines is 1. The number of piperazine rings is 1. The summed E-state index contributed by atoms with van der Waals surface area (Å²) in [5.74, 6) is 0. The van der Waals surface area contributed by atoms with Gasteiger partial charge in [-0.15, -0.1) is 0 Å². The maximum Gasteiger partial charge on any atom is 0.0939 e. The quantitative estimate of drug-likeness (QED) is 0.755. The third-order valence-corrected chi connectivity index (χ3v) is 4.78. The molecule has 0 aliphatic carbocycles. The molecule has 0 spiro atoms. The third kappa shape index (κ3) is 3.74. The Labute approximate surface area is 152 Å². The molecule has 1 atom stereocenters. The normalized spacial score (nSPS) is 18.4. The van der Waals surface area contributed by atoms with Crippen molar-refractivity contribution in [3.8, 4) is 11.3 Å². The summed E-state index contributed by atoms with van der Waals surface area (Å²) in [6.45, 7) is 3.72. The maximum absolute atomic E-state index is 6.18. The lowest BCUT2D eigenvalue weighted by molar-refractivity contribution is 0.152. The van der Waals surface area contributed by atoms with Crippen LogP contribution < -0.4 is 5.32 Å².